The molecule has 2 aromatic heterocycles. The molecule has 0 amide bonds. The van der Waals surface area contributed by atoms with Gasteiger partial charge in [-0.3, -0.25) is 14.9 Å². The number of hydrogen-bond donors (Lipinski definition) is 0. The van der Waals surface area contributed by atoms with E-state index in [1.807, 2.05) is 25.4 Å². The summed E-state index contributed by atoms with van der Waals surface area (Å²) in [5.74, 6) is 1.49. The maximum Gasteiger partial charge on any atom is 0.119 e. The fourth-order valence-electron chi connectivity index (χ4n) is 3.71. The minimum Gasteiger partial charge on any atom is -0.494 e. The Hall–Kier alpha value is -2.46. The topological polar surface area (TPSA) is 38.2 Å². The molecular formula is C22H25N3O. The van der Waals surface area contributed by atoms with Crippen LogP contribution in [0.25, 0.3) is 10.9 Å². The molecule has 0 unspecified atom stereocenters. The molecule has 0 saturated carbocycles. The second-order valence-electron chi connectivity index (χ2n) is 6.93. The number of nitrogens with zero attached hydrogens (tertiary/aromatic N) is 3. The van der Waals surface area contributed by atoms with Crippen LogP contribution >= 0.6 is 0 Å². The van der Waals surface area contributed by atoms with Gasteiger partial charge in [-0.25, -0.2) is 0 Å². The van der Waals surface area contributed by atoms with Gasteiger partial charge in [0.1, 0.15) is 5.75 Å². The smallest absolute Gasteiger partial charge is 0.119 e. The highest BCUT2D eigenvalue weighted by Crippen LogP contribution is 2.28. The van der Waals surface area contributed by atoms with Crippen molar-refractivity contribution in [1.82, 2.24) is 14.9 Å². The third-order valence-electron chi connectivity index (χ3n) is 5.15. The van der Waals surface area contributed by atoms with Gasteiger partial charge in [-0.15, -0.1) is 0 Å². The van der Waals surface area contributed by atoms with E-state index in [2.05, 4.69) is 46.3 Å². The Kier molecular flexibility index (Phi) is 5.12. The van der Waals surface area contributed by atoms with Crippen molar-refractivity contribution in [2.24, 2.45) is 0 Å². The van der Waals surface area contributed by atoms with E-state index in [0.717, 1.165) is 49.1 Å². The maximum absolute atomic E-state index is 5.52. The Labute approximate surface area is 154 Å². The zero-order valence-electron chi connectivity index (χ0n) is 15.3. The van der Waals surface area contributed by atoms with Crippen LogP contribution < -0.4 is 4.74 Å². The van der Waals surface area contributed by atoms with Crippen molar-refractivity contribution in [3.63, 3.8) is 0 Å². The number of ether oxygens (including phenoxy) is 1. The Morgan fingerprint density at radius 3 is 2.65 bits per heavy atom. The third-order valence-corrected chi connectivity index (χ3v) is 5.15. The van der Waals surface area contributed by atoms with Crippen molar-refractivity contribution in [3.05, 3.63) is 66.1 Å². The van der Waals surface area contributed by atoms with Gasteiger partial charge in [0.25, 0.3) is 0 Å². The number of benzene rings is 1. The van der Waals surface area contributed by atoms with Crippen LogP contribution in [0.5, 0.6) is 5.75 Å². The summed E-state index contributed by atoms with van der Waals surface area (Å²) in [4.78, 5) is 11.7. The van der Waals surface area contributed by atoms with E-state index in [9.17, 15) is 0 Å². The molecule has 3 aromatic rings. The van der Waals surface area contributed by atoms with Gasteiger partial charge in [-0.2, -0.15) is 0 Å². The van der Waals surface area contributed by atoms with E-state index in [1.165, 1.54) is 11.3 Å². The molecule has 1 fully saturated rings. The first kappa shape index (κ1) is 17.0. The van der Waals surface area contributed by atoms with Crippen LogP contribution in [0.3, 0.4) is 0 Å². The van der Waals surface area contributed by atoms with E-state index < -0.39 is 0 Å². The van der Waals surface area contributed by atoms with Crippen molar-refractivity contribution in [3.8, 4) is 5.75 Å². The fraction of sp³-hybridized carbons (Fsp3) is 0.364. The maximum atomic E-state index is 5.52. The molecule has 0 atom stereocenters. The summed E-state index contributed by atoms with van der Waals surface area (Å²) in [5.41, 5.74) is 3.59. The molecule has 1 aliphatic heterocycles. The molecule has 0 radical (unpaired) electrons. The Morgan fingerprint density at radius 1 is 1.08 bits per heavy atom. The molecule has 134 valence electrons. The average molecular weight is 347 g/mol. The largest absolute Gasteiger partial charge is 0.494 e. The van der Waals surface area contributed by atoms with E-state index in [4.69, 9.17) is 9.72 Å². The van der Waals surface area contributed by atoms with Gasteiger partial charge < -0.3 is 4.74 Å². The van der Waals surface area contributed by atoms with Crippen LogP contribution in [-0.4, -0.2) is 34.6 Å². The highest BCUT2D eigenvalue weighted by Gasteiger charge is 2.22. The van der Waals surface area contributed by atoms with Crippen LogP contribution in [0.1, 0.15) is 36.9 Å². The van der Waals surface area contributed by atoms with Crippen molar-refractivity contribution in [2.75, 3.05) is 19.7 Å². The first-order valence-electron chi connectivity index (χ1n) is 9.46. The highest BCUT2D eigenvalue weighted by atomic mass is 16.5. The molecule has 0 aliphatic carbocycles. The number of pyridine rings is 2. The summed E-state index contributed by atoms with van der Waals surface area (Å²) < 4.78 is 5.52. The van der Waals surface area contributed by atoms with Gasteiger partial charge >= 0.3 is 0 Å². The lowest BCUT2D eigenvalue weighted by Gasteiger charge is -2.31. The molecule has 4 rings (SSSR count). The summed E-state index contributed by atoms with van der Waals surface area (Å²) in [5, 5.41) is 1.11. The normalized spacial score (nSPS) is 16.0. The van der Waals surface area contributed by atoms with Crippen molar-refractivity contribution in [1.29, 1.82) is 0 Å². The number of aromatic nitrogens is 2. The first-order valence-corrected chi connectivity index (χ1v) is 9.46. The van der Waals surface area contributed by atoms with Gasteiger partial charge in [0.05, 0.1) is 12.1 Å². The minimum absolute atomic E-state index is 0.540. The minimum atomic E-state index is 0.540. The van der Waals surface area contributed by atoms with E-state index >= 15 is 0 Å². The molecule has 1 aromatic carbocycles. The monoisotopic (exact) mass is 347 g/mol. The average Bonchev–Trinajstić information content (AvgIpc) is 2.70. The van der Waals surface area contributed by atoms with Crippen LogP contribution in [-0.2, 0) is 6.54 Å². The lowest BCUT2D eigenvalue weighted by molar-refractivity contribution is 0.203. The van der Waals surface area contributed by atoms with Crippen LogP contribution in [0.15, 0.2) is 54.9 Å². The summed E-state index contributed by atoms with van der Waals surface area (Å²) in [6.07, 6.45) is 6.13. The lowest BCUT2D eigenvalue weighted by Crippen LogP contribution is -2.32. The number of piperidine rings is 1. The van der Waals surface area contributed by atoms with Crippen molar-refractivity contribution < 1.29 is 4.74 Å². The van der Waals surface area contributed by atoms with Crippen LogP contribution in [0, 0.1) is 0 Å². The van der Waals surface area contributed by atoms with Gasteiger partial charge in [0.15, 0.2) is 0 Å². The summed E-state index contributed by atoms with van der Waals surface area (Å²) in [6.45, 7) is 5.95. The van der Waals surface area contributed by atoms with Crippen molar-refractivity contribution >= 4 is 10.9 Å². The highest BCUT2D eigenvalue weighted by molar-refractivity contribution is 5.77. The SMILES string of the molecule is CCOc1ccc(CN2CCC(c3cc4ncccc4cn3)CC2)cc1. The number of likely N-dealkylation sites (tertiary alicyclic amines) is 1. The van der Waals surface area contributed by atoms with Gasteiger partial charge in [0.2, 0.25) is 0 Å². The molecule has 4 heteroatoms. The fourth-order valence-corrected chi connectivity index (χ4v) is 3.71. The summed E-state index contributed by atoms with van der Waals surface area (Å²) in [6, 6.07) is 14.7. The standard InChI is InChI=1S/C22H25N3O/c1-2-26-20-7-5-17(6-8-20)16-25-12-9-18(10-13-25)21-14-22-19(15-24-21)4-3-11-23-22/h3-8,11,14-15,18H,2,9-10,12-13,16H2,1H3. The molecule has 0 bridgehead atoms. The molecule has 3 heterocycles. The molecule has 1 saturated heterocycles. The number of hydrogen-bond acceptors (Lipinski definition) is 4. The first-order chi connectivity index (χ1) is 12.8. The second-order valence-corrected chi connectivity index (χ2v) is 6.93. The zero-order chi connectivity index (χ0) is 17.8. The number of rotatable bonds is 5. The lowest BCUT2D eigenvalue weighted by atomic mass is 9.92. The Balaban J connectivity index is 1.35. The Morgan fingerprint density at radius 2 is 1.88 bits per heavy atom. The van der Waals surface area contributed by atoms with Gasteiger partial charge in [-0.05, 0) is 68.8 Å². The third kappa shape index (κ3) is 3.86. The summed E-state index contributed by atoms with van der Waals surface area (Å²) >= 11 is 0. The predicted molar refractivity (Wildman–Crippen MR) is 104 cm³/mol. The Bertz CT molecular complexity index is 855. The molecule has 1 aliphatic rings. The zero-order valence-corrected chi connectivity index (χ0v) is 15.3. The quantitative estimate of drug-likeness (QED) is 0.685. The van der Waals surface area contributed by atoms with Gasteiger partial charge in [-0.1, -0.05) is 12.1 Å². The van der Waals surface area contributed by atoms with Crippen LogP contribution in [0.2, 0.25) is 0 Å². The second kappa shape index (κ2) is 7.83. The van der Waals surface area contributed by atoms with Crippen molar-refractivity contribution in [2.45, 2.75) is 32.2 Å². The molecule has 26 heavy (non-hydrogen) atoms. The molecule has 0 N–H and O–H groups in total. The van der Waals surface area contributed by atoms with Gasteiger partial charge in [0, 0.05) is 35.9 Å². The van der Waals surface area contributed by atoms with E-state index in [-0.39, 0.29) is 0 Å². The van der Waals surface area contributed by atoms with Crippen LogP contribution in [0.4, 0.5) is 0 Å². The molecule has 0 spiro atoms. The molecular weight excluding hydrogens is 322 g/mol. The van der Waals surface area contributed by atoms with E-state index in [0.29, 0.717) is 12.5 Å². The van der Waals surface area contributed by atoms with E-state index in [1.54, 1.807) is 0 Å². The summed E-state index contributed by atoms with van der Waals surface area (Å²) in [7, 11) is 0. The molecule has 4 nitrogen and oxygen atoms in total. The number of fused-ring (bicyclic) bond motifs is 1. The predicted octanol–water partition coefficient (Wildman–Crippen LogP) is 4.41.